The van der Waals surface area contributed by atoms with Crippen LogP contribution in [0.4, 0.5) is 0 Å². The zero-order chi connectivity index (χ0) is 19.0. The van der Waals surface area contributed by atoms with E-state index in [0.717, 1.165) is 16.7 Å². The van der Waals surface area contributed by atoms with Crippen molar-refractivity contribution in [1.29, 1.82) is 0 Å². The van der Waals surface area contributed by atoms with Crippen LogP contribution in [0.15, 0.2) is 82.0 Å². The van der Waals surface area contributed by atoms with Gasteiger partial charge in [-0.15, -0.1) is 0 Å². The van der Waals surface area contributed by atoms with Gasteiger partial charge in [0.2, 0.25) is 0 Å². The van der Waals surface area contributed by atoms with E-state index in [1.807, 2.05) is 37.3 Å². The van der Waals surface area contributed by atoms with E-state index in [4.69, 9.17) is 4.42 Å². The summed E-state index contributed by atoms with van der Waals surface area (Å²) in [5.74, 6) is -0.283. The SMILES string of the molecule is Cc1ccc(-c2ccc(C(C)c3c(O)c4ccccc4oc3=O)cc2)cc1. The molecule has 0 spiro atoms. The van der Waals surface area contributed by atoms with Crippen LogP contribution >= 0.6 is 0 Å². The Morgan fingerprint density at radius 2 is 1.44 bits per heavy atom. The Kier molecular flexibility index (Phi) is 4.28. The lowest BCUT2D eigenvalue weighted by molar-refractivity contribution is 0.453. The van der Waals surface area contributed by atoms with Crippen LogP contribution < -0.4 is 5.63 Å². The summed E-state index contributed by atoms with van der Waals surface area (Å²) >= 11 is 0. The third kappa shape index (κ3) is 3.13. The minimum Gasteiger partial charge on any atom is -0.507 e. The molecule has 27 heavy (non-hydrogen) atoms. The fraction of sp³-hybridized carbons (Fsp3) is 0.125. The number of benzene rings is 3. The van der Waals surface area contributed by atoms with Gasteiger partial charge in [0, 0.05) is 5.92 Å². The molecule has 1 heterocycles. The summed E-state index contributed by atoms with van der Waals surface area (Å²) in [4.78, 5) is 12.5. The summed E-state index contributed by atoms with van der Waals surface area (Å²) in [5.41, 5.74) is 4.61. The molecule has 1 N–H and O–H groups in total. The molecule has 0 aliphatic heterocycles. The zero-order valence-corrected chi connectivity index (χ0v) is 15.3. The van der Waals surface area contributed by atoms with E-state index >= 15 is 0 Å². The van der Waals surface area contributed by atoms with Gasteiger partial charge in [-0.3, -0.25) is 0 Å². The maximum absolute atomic E-state index is 12.5. The fourth-order valence-electron chi connectivity index (χ4n) is 3.41. The molecule has 4 aromatic rings. The second kappa shape index (κ2) is 6.76. The molecular weight excluding hydrogens is 336 g/mol. The van der Waals surface area contributed by atoms with Crippen molar-refractivity contribution in [3.05, 3.63) is 99.9 Å². The third-order valence-corrected chi connectivity index (χ3v) is 5.05. The molecule has 0 amide bonds. The van der Waals surface area contributed by atoms with Crippen molar-refractivity contribution in [1.82, 2.24) is 0 Å². The topological polar surface area (TPSA) is 50.4 Å². The first-order chi connectivity index (χ1) is 13.0. The monoisotopic (exact) mass is 356 g/mol. The lowest BCUT2D eigenvalue weighted by atomic mass is 9.91. The third-order valence-electron chi connectivity index (χ3n) is 5.05. The molecule has 134 valence electrons. The number of fused-ring (bicyclic) bond motifs is 1. The smallest absolute Gasteiger partial charge is 0.343 e. The lowest BCUT2D eigenvalue weighted by Crippen LogP contribution is -2.12. The molecule has 3 heteroatoms. The standard InChI is InChI=1S/C24H20O3/c1-15-7-9-18(10-8-15)19-13-11-17(12-14-19)16(2)22-23(25)20-5-3-4-6-21(20)27-24(22)26/h3-14,16,25H,1-2H3. The summed E-state index contributed by atoms with van der Waals surface area (Å²) in [6.07, 6.45) is 0. The largest absolute Gasteiger partial charge is 0.507 e. The Hall–Kier alpha value is -3.33. The van der Waals surface area contributed by atoms with Crippen LogP contribution in [0, 0.1) is 6.92 Å². The Morgan fingerprint density at radius 1 is 0.852 bits per heavy atom. The highest BCUT2D eigenvalue weighted by molar-refractivity contribution is 5.84. The molecule has 3 nitrogen and oxygen atoms in total. The molecule has 4 rings (SSSR count). The average molecular weight is 356 g/mol. The molecule has 0 aliphatic carbocycles. The van der Waals surface area contributed by atoms with Crippen molar-refractivity contribution in [2.75, 3.05) is 0 Å². The molecule has 0 radical (unpaired) electrons. The van der Waals surface area contributed by atoms with Crippen LogP contribution in [0.5, 0.6) is 5.75 Å². The van der Waals surface area contributed by atoms with Crippen molar-refractivity contribution in [2.45, 2.75) is 19.8 Å². The van der Waals surface area contributed by atoms with Gasteiger partial charge in [-0.2, -0.15) is 0 Å². The van der Waals surface area contributed by atoms with E-state index in [0.29, 0.717) is 11.0 Å². The van der Waals surface area contributed by atoms with Crippen molar-refractivity contribution >= 4 is 11.0 Å². The van der Waals surface area contributed by atoms with Crippen LogP contribution in [0.3, 0.4) is 0 Å². The van der Waals surface area contributed by atoms with Gasteiger partial charge in [0.1, 0.15) is 11.3 Å². The van der Waals surface area contributed by atoms with Gasteiger partial charge in [0.05, 0.1) is 10.9 Å². The molecule has 1 unspecified atom stereocenters. The minimum atomic E-state index is -0.499. The molecule has 1 atom stereocenters. The number of hydrogen-bond acceptors (Lipinski definition) is 3. The molecule has 0 bridgehead atoms. The van der Waals surface area contributed by atoms with E-state index in [1.54, 1.807) is 18.2 Å². The highest BCUT2D eigenvalue weighted by Crippen LogP contribution is 2.34. The Labute approximate surface area is 157 Å². The van der Waals surface area contributed by atoms with Crippen LogP contribution in [0.1, 0.15) is 29.5 Å². The minimum absolute atomic E-state index is 0.00281. The maximum atomic E-state index is 12.5. The van der Waals surface area contributed by atoms with E-state index in [2.05, 4.69) is 31.2 Å². The molecule has 0 saturated carbocycles. The van der Waals surface area contributed by atoms with Gasteiger partial charge in [0.25, 0.3) is 0 Å². The quantitative estimate of drug-likeness (QED) is 0.484. The zero-order valence-electron chi connectivity index (χ0n) is 15.3. The number of aromatic hydroxyl groups is 1. The molecule has 0 fully saturated rings. The van der Waals surface area contributed by atoms with Crippen molar-refractivity contribution in [2.24, 2.45) is 0 Å². The first-order valence-corrected chi connectivity index (χ1v) is 8.96. The normalized spacial score (nSPS) is 12.2. The maximum Gasteiger partial charge on any atom is 0.343 e. The van der Waals surface area contributed by atoms with Gasteiger partial charge in [-0.05, 0) is 35.7 Å². The predicted octanol–water partition coefficient (Wildman–Crippen LogP) is 5.63. The van der Waals surface area contributed by atoms with Crippen LogP contribution in [0.25, 0.3) is 22.1 Å². The number of para-hydroxylation sites is 1. The Bertz CT molecular complexity index is 1150. The second-order valence-corrected chi connectivity index (χ2v) is 6.86. The molecule has 1 aromatic heterocycles. The van der Waals surface area contributed by atoms with Crippen LogP contribution in [-0.2, 0) is 0 Å². The van der Waals surface area contributed by atoms with Gasteiger partial charge in [-0.1, -0.05) is 73.2 Å². The van der Waals surface area contributed by atoms with Crippen molar-refractivity contribution in [3.63, 3.8) is 0 Å². The summed E-state index contributed by atoms with van der Waals surface area (Å²) in [5, 5.41) is 11.2. The summed E-state index contributed by atoms with van der Waals surface area (Å²) in [6.45, 7) is 3.97. The first-order valence-electron chi connectivity index (χ1n) is 8.96. The van der Waals surface area contributed by atoms with Crippen molar-refractivity contribution in [3.8, 4) is 16.9 Å². The average Bonchev–Trinajstić information content (AvgIpc) is 2.68. The van der Waals surface area contributed by atoms with E-state index < -0.39 is 5.63 Å². The van der Waals surface area contributed by atoms with Gasteiger partial charge in [0.15, 0.2) is 0 Å². The van der Waals surface area contributed by atoms with E-state index in [-0.39, 0.29) is 17.2 Å². The summed E-state index contributed by atoms with van der Waals surface area (Å²) < 4.78 is 5.40. The highest BCUT2D eigenvalue weighted by Gasteiger charge is 2.21. The number of hydrogen-bond donors (Lipinski definition) is 1. The fourth-order valence-corrected chi connectivity index (χ4v) is 3.41. The molecule has 0 saturated heterocycles. The predicted molar refractivity (Wildman–Crippen MR) is 108 cm³/mol. The molecule has 3 aromatic carbocycles. The van der Waals surface area contributed by atoms with Gasteiger partial charge < -0.3 is 9.52 Å². The first kappa shape index (κ1) is 17.1. The number of rotatable bonds is 3. The lowest BCUT2D eigenvalue weighted by Gasteiger charge is -2.14. The second-order valence-electron chi connectivity index (χ2n) is 6.86. The van der Waals surface area contributed by atoms with Gasteiger partial charge >= 0.3 is 5.63 Å². The summed E-state index contributed by atoms with van der Waals surface area (Å²) in [7, 11) is 0. The van der Waals surface area contributed by atoms with Crippen LogP contribution in [-0.4, -0.2) is 5.11 Å². The van der Waals surface area contributed by atoms with E-state index in [1.165, 1.54) is 5.56 Å². The van der Waals surface area contributed by atoms with Crippen molar-refractivity contribution < 1.29 is 9.52 Å². The Morgan fingerprint density at radius 3 is 2.11 bits per heavy atom. The van der Waals surface area contributed by atoms with Gasteiger partial charge in [-0.25, -0.2) is 4.79 Å². The molecule has 0 aliphatic rings. The number of aryl methyl sites for hydroxylation is 1. The molecular formula is C24H20O3. The summed E-state index contributed by atoms with van der Waals surface area (Å²) in [6, 6.07) is 23.5. The Balaban J connectivity index is 1.73. The van der Waals surface area contributed by atoms with Crippen LogP contribution in [0.2, 0.25) is 0 Å². The van der Waals surface area contributed by atoms with E-state index in [9.17, 15) is 9.90 Å². The highest BCUT2D eigenvalue weighted by atomic mass is 16.4.